The van der Waals surface area contributed by atoms with Crippen molar-refractivity contribution in [2.45, 2.75) is 57.0 Å². The Morgan fingerprint density at radius 2 is 1.71 bits per heavy atom. The quantitative estimate of drug-likeness (QED) is 0.277. The van der Waals surface area contributed by atoms with Crippen LogP contribution in [-0.2, 0) is 23.4 Å². The summed E-state index contributed by atoms with van der Waals surface area (Å²) < 4.78 is 16.1. The topological polar surface area (TPSA) is 59.8 Å². The molecule has 1 N–H and O–H groups in total. The molecule has 0 spiro atoms. The van der Waals surface area contributed by atoms with Gasteiger partial charge in [-0.15, -0.1) is 0 Å². The molecule has 7 heteroatoms. The molecule has 0 aliphatic rings. The number of anilines is 1. The zero-order valence-corrected chi connectivity index (χ0v) is 20.5. The Labute approximate surface area is 203 Å². The summed E-state index contributed by atoms with van der Waals surface area (Å²) in [6.07, 6.45) is 3.94. The zero-order chi connectivity index (χ0) is 24.1. The van der Waals surface area contributed by atoms with Gasteiger partial charge < -0.3 is 5.32 Å². The standard InChI is InChI=1S/C27H29FN4OS/c1-4-18-12-9-13-19(5-2)24(18)31-26(33)23(6-3)32-25-22(15-10-16-29-25)30-27(32)34-17-20-11-7-8-14-21(20)28/h7-16,23H,4-6,17H2,1-3H3,(H,31,33)/t23-/m1/s1. The van der Waals surface area contributed by atoms with Gasteiger partial charge in [-0.25, -0.2) is 14.4 Å². The number of halogens is 1. The zero-order valence-electron chi connectivity index (χ0n) is 19.7. The summed E-state index contributed by atoms with van der Waals surface area (Å²) in [5.41, 5.74) is 5.10. The van der Waals surface area contributed by atoms with Crippen molar-refractivity contribution in [1.29, 1.82) is 0 Å². The van der Waals surface area contributed by atoms with Crippen molar-refractivity contribution in [1.82, 2.24) is 14.5 Å². The molecule has 0 bridgehead atoms. The maximum atomic E-state index is 14.2. The molecular weight excluding hydrogens is 447 g/mol. The van der Waals surface area contributed by atoms with E-state index in [1.54, 1.807) is 18.3 Å². The smallest absolute Gasteiger partial charge is 0.247 e. The number of hydrogen-bond donors (Lipinski definition) is 1. The normalized spacial score (nSPS) is 12.1. The van der Waals surface area contributed by atoms with E-state index in [9.17, 15) is 9.18 Å². The summed E-state index contributed by atoms with van der Waals surface area (Å²) in [4.78, 5) is 22.9. The van der Waals surface area contributed by atoms with Gasteiger partial charge >= 0.3 is 0 Å². The van der Waals surface area contributed by atoms with Crippen LogP contribution in [0.2, 0.25) is 0 Å². The second-order valence-corrected chi connectivity index (χ2v) is 9.00. The molecule has 4 aromatic rings. The van der Waals surface area contributed by atoms with Crippen LogP contribution in [0.5, 0.6) is 0 Å². The van der Waals surface area contributed by atoms with Gasteiger partial charge in [-0.1, -0.05) is 68.9 Å². The highest BCUT2D eigenvalue weighted by atomic mass is 32.2. The number of pyridine rings is 1. The maximum absolute atomic E-state index is 14.2. The van der Waals surface area contributed by atoms with E-state index in [0.717, 1.165) is 29.7 Å². The largest absolute Gasteiger partial charge is 0.324 e. The minimum Gasteiger partial charge on any atom is -0.324 e. The first-order valence-electron chi connectivity index (χ1n) is 11.7. The molecule has 4 rings (SSSR count). The number of para-hydroxylation sites is 1. The number of nitrogens with zero attached hydrogens (tertiary/aromatic N) is 3. The van der Waals surface area contributed by atoms with Gasteiger partial charge in [0.05, 0.1) is 0 Å². The first kappa shape index (κ1) is 24.0. The van der Waals surface area contributed by atoms with Crippen LogP contribution in [-0.4, -0.2) is 20.4 Å². The van der Waals surface area contributed by atoms with Crippen molar-refractivity contribution >= 4 is 34.5 Å². The fourth-order valence-corrected chi connectivity index (χ4v) is 5.18. The third-order valence-corrected chi connectivity index (χ3v) is 6.98. The van der Waals surface area contributed by atoms with Gasteiger partial charge in [0.2, 0.25) is 5.91 Å². The second kappa shape index (κ2) is 10.8. The molecule has 176 valence electrons. The number of hydrogen-bond acceptors (Lipinski definition) is 4. The molecule has 5 nitrogen and oxygen atoms in total. The van der Waals surface area contributed by atoms with E-state index in [-0.39, 0.29) is 11.7 Å². The molecule has 0 radical (unpaired) electrons. The summed E-state index contributed by atoms with van der Waals surface area (Å²) in [5.74, 6) is 0.0619. The number of fused-ring (bicyclic) bond motifs is 1. The minimum atomic E-state index is -0.502. The summed E-state index contributed by atoms with van der Waals surface area (Å²) in [6, 6.07) is 16.1. The van der Waals surface area contributed by atoms with E-state index in [1.807, 2.05) is 35.8 Å². The SMILES string of the molecule is CCc1cccc(CC)c1NC(=O)[C@@H](CC)n1c(SCc2ccccc2F)nc2cccnc21. The van der Waals surface area contributed by atoms with Gasteiger partial charge in [-0.05, 0) is 54.2 Å². The monoisotopic (exact) mass is 476 g/mol. The average Bonchev–Trinajstić information content (AvgIpc) is 3.22. The molecule has 0 saturated carbocycles. The van der Waals surface area contributed by atoms with Gasteiger partial charge in [-0.3, -0.25) is 9.36 Å². The Morgan fingerprint density at radius 3 is 2.38 bits per heavy atom. The van der Waals surface area contributed by atoms with Gasteiger partial charge in [0.25, 0.3) is 0 Å². The molecule has 0 unspecified atom stereocenters. The molecule has 0 aliphatic carbocycles. The van der Waals surface area contributed by atoms with Crippen LogP contribution in [0.15, 0.2) is 66.0 Å². The van der Waals surface area contributed by atoms with Crippen LogP contribution in [0.25, 0.3) is 11.2 Å². The Kier molecular flexibility index (Phi) is 7.63. The molecule has 2 heterocycles. The van der Waals surface area contributed by atoms with Crippen molar-refractivity contribution in [3.63, 3.8) is 0 Å². The van der Waals surface area contributed by atoms with Gasteiger partial charge in [0, 0.05) is 17.6 Å². The van der Waals surface area contributed by atoms with E-state index < -0.39 is 6.04 Å². The van der Waals surface area contributed by atoms with E-state index in [0.29, 0.717) is 34.1 Å². The molecule has 1 amide bonds. The molecule has 2 aromatic carbocycles. The lowest BCUT2D eigenvalue weighted by Crippen LogP contribution is -2.27. The van der Waals surface area contributed by atoms with Gasteiger partial charge in [0.15, 0.2) is 10.8 Å². The number of aromatic nitrogens is 3. The first-order chi connectivity index (χ1) is 16.6. The summed E-state index contributed by atoms with van der Waals surface area (Å²) in [5, 5.41) is 3.86. The Morgan fingerprint density at radius 1 is 1.00 bits per heavy atom. The Hall–Kier alpha value is -3.19. The second-order valence-electron chi connectivity index (χ2n) is 8.06. The highest BCUT2D eigenvalue weighted by molar-refractivity contribution is 7.98. The fraction of sp³-hybridized carbons (Fsp3) is 0.296. The molecule has 1 atom stereocenters. The van der Waals surface area contributed by atoms with Crippen molar-refractivity contribution in [2.75, 3.05) is 5.32 Å². The van der Waals surface area contributed by atoms with Crippen LogP contribution in [0.4, 0.5) is 10.1 Å². The van der Waals surface area contributed by atoms with Gasteiger partial charge in [-0.2, -0.15) is 0 Å². The highest BCUT2D eigenvalue weighted by Gasteiger charge is 2.26. The third-order valence-electron chi connectivity index (χ3n) is 5.98. The van der Waals surface area contributed by atoms with Crippen molar-refractivity contribution in [3.8, 4) is 0 Å². The van der Waals surface area contributed by atoms with Crippen LogP contribution < -0.4 is 5.32 Å². The van der Waals surface area contributed by atoms with E-state index >= 15 is 0 Å². The number of nitrogens with one attached hydrogen (secondary N) is 1. The van der Waals surface area contributed by atoms with E-state index in [4.69, 9.17) is 4.98 Å². The number of carbonyl (C=O) groups excluding carboxylic acids is 1. The number of thioether (sulfide) groups is 1. The number of benzene rings is 2. The summed E-state index contributed by atoms with van der Waals surface area (Å²) in [7, 11) is 0. The fourth-order valence-electron chi connectivity index (χ4n) is 4.14. The van der Waals surface area contributed by atoms with Gasteiger partial charge in [0.1, 0.15) is 17.4 Å². The Bertz CT molecular complexity index is 1280. The number of carbonyl (C=O) groups is 1. The van der Waals surface area contributed by atoms with Crippen LogP contribution in [0, 0.1) is 5.82 Å². The third kappa shape index (κ3) is 4.85. The minimum absolute atomic E-state index is 0.101. The summed E-state index contributed by atoms with van der Waals surface area (Å²) in [6.45, 7) is 6.16. The van der Waals surface area contributed by atoms with E-state index in [2.05, 4.69) is 36.3 Å². The predicted octanol–water partition coefficient (Wildman–Crippen LogP) is 6.58. The van der Waals surface area contributed by atoms with E-state index in [1.165, 1.54) is 17.8 Å². The van der Waals surface area contributed by atoms with Crippen LogP contribution in [0.3, 0.4) is 0 Å². The van der Waals surface area contributed by atoms with Crippen molar-refractivity contribution < 1.29 is 9.18 Å². The molecular formula is C27H29FN4OS. The number of aryl methyl sites for hydroxylation is 2. The molecule has 2 aromatic heterocycles. The molecule has 0 aliphatic heterocycles. The van der Waals surface area contributed by atoms with Crippen LogP contribution >= 0.6 is 11.8 Å². The van der Waals surface area contributed by atoms with Crippen molar-refractivity contribution in [2.24, 2.45) is 0 Å². The first-order valence-corrected chi connectivity index (χ1v) is 12.7. The Balaban J connectivity index is 1.70. The number of imidazole rings is 1. The lowest BCUT2D eigenvalue weighted by Gasteiger charge is -2.21. The molecule has 0 fully saturated rings. The average molecular weight is 477 g/mol. The number of amides is 1. The maximum Gasteiger partial charge on any atom is 0.247 e. The van der Waals surface area contributed by atoms with Crippen molar-refractivity contribution in [3.05, 3.63) is 83.3 Å². The molecule has 34 heavy (non-hydrogen) atoms. The predicted molar refractivity (Wildman–Crippen MR) is 137 cm³/mol. The number of rotatable bonds is 9. The lowest BCUT2D eigenvalue weighted by atomic mass is 10.0. The molecule has 0 saturated heterocycles. The van der Waals surface area contributed by atoms with Crippen LogP contribution in [0.1, 0.15) is 49.9 Å². The highest BCUT2D eigenvalue weighted by Crippen LogP contribution is 2.32. The lowest BCUT2D eigenvalue weighted by molar-refractivity contribution is -0.119. The summed E-state index contributed by atoms with van der Waals surface area (Å²) >= 11 is 1.41.